The number of carbonyl (C=O) groups is 1. The molecule has 2 rings (SSSR count). The number of nitro benzene ring substituents is 1. The minimum atomic E-state index is -0.581. The third kappa shape index (κ3) is 2.13. The first-order chi connectivity index (χ1) is 8.63. The van der Waals surface area contributed by atoms with Crippen LogP contribution in [0.2, 0.25) is 0 Å². The third-order valence-electron chi connectivity index (χ3n) is 2.92. The van der Waals surface area contributed by atoms with Gasteiger partial charge in [-0.05, 0) is 12.8 Å². The number of nitrogens with zero attached hydrogens (tertiary/aromatic N) is 4. The Morgan fingerprint density at radius 1 is 1.39 bits per heavy atom. The van der Waals surface area contributed by atoms with E-state index >= 15 is 0 Å². The summed E-state index contributed by atoms with van der Waals surface area (Å²) in [5.41, 5.74) is -0.0731. The predicted molar refractivity (Wildman–Crippen MR) is 63.0 cm³/mol. The molecule has 0 atom stereocenters. The summed E-state index contributed by atoms with van der Waals surface area (Å²) in [6.45, 7) is 1.26. The Bertz CT molecular complexity index is 544. The van der Waals surface area contributed by atoms with E-state index in [1.807, 2.05) is 0 Å². The normalized spacial score (nSPS) is 14.3. The summed E-state index contributed by atoms with van der Waals surface area (Å²) in [6.07, 6.45) is 1.85. The van der Waals surface area contributed by atoms with E-state index in [-0.39, 0.29) is 22.8 Å². The van der Waals surface area contributed by atoms with Crippen molar-refractivity contribution < 1.29 is 9.72 Å². The zero-order valence-electron chi connectivity index (χ0n) is 9.57. The van der Waals surface area contributed by atoms with E-state index in [4.69, 9.17) is 5.39 Å². The van der Waals surface area contributed by atoms with Gasteiger partial charge in [0.05, 0.1) is 4.92 Å². The van der Waals surface area contributed by atoms with Crippen molar-refractivity contribution in [1.82, 2.24) is 4.90 Å². The molecule has 1 aromatic carbocycles. The van der Waals surface area contributed by atoms with E-state index < -0.39 is 4.92 Å². The molecule has 0 aromatic heterocycles. The van der Waals surface area contributed by atoms with Crippen molar-refractivity contribution >= 4 is 17.3 Å². The van der Waals surface area contributed by atoms with Gasteiger partial charge in [0.15, 0.2) is 4.98 Å². The number of diazo groups is 1. The standard InChI is InChI=1S/C11H11N4O3/c12-13-10-4-3-8(15(17)18)7-9(10)11(16)14-5-1-2-6-14/h3-4,7H,1-2,5-6H2/q+1. The van der Waals surface area contributed by atoms with Crippen LogP contribution in [0.5, 0.6) is 0 Å². The van der Waals surface area contributed by atoms with Gasteiger partial charge >= 0.3 is 5.69 Å². The highest BCUT2D eigenvalue weighted by molar-refractivity contribution is 6.00. The second-order valence-electron chi connectivity index (χ2n) is 4.06. The quantitative estimate of drug-likeness (QED) is 0.455. The van der Waals surface area contributed by atoms with Crippen LogP contribution in [-0.4, -0.2) is 28.8 Å². The molecule has 0 aliphatic carbocycles. The van der Waals surface area contributed by atoms with Crippen LogP contribution < -0.4 is 0 Å². The number of likely N-dealkylation sites (tertiary alicyclic amines) is 1. The van der Waals surface area contributed by atoms with Crippen LogP contribution in [0.3, 0.4) is 0 Å². The Morgan fingerprint density at radius 3 is 2.61 bits per heavy atom. The summed E-state index contributed by atoms with van der Waals surface area (Å²) in [7, 11) is 0. The molecule has 0 radical (unpaired) electrons. The van der Waals surface area contributed by atoms with Crippen molar-refractivity contribution in [3.63, 3.8) is 0 Å². The lowest BCUT2D eigenvalue weighted by Crippen LogP contribution is -2.27. The first-order valence-electron chi connectivity index (χ1n) is 5.56. The van der Waals surface area contributed by atoms with E-state index in [0.717, 1.165) is 18.9 Å². The second kappa shape index (κ2) is 4.79. The van der Waals surface area contributed by atoms with Gasteiger partial charge in [0, 0.05) is 31.3 Å². The molecule has 1 aliphatic rings. The lowest BCUT2D eigenvalue weighted by molar-refractivity contribution is -0.384. The highest BCUT2D eigenvalue weighted by Gasteiger charge is 2.29. The molecule has 0 N–H and O–H groups in total. The summed E-state index contributed by atoms with van der Waals surface area (Å²) < 4.78 is 0. The summed E-state index contributed by atoms with van der Waals surface area (Å²) in [5, 5.41) is 19.5. The number of nitro groups is 1. The largest absolute Gasteiger partial charge is 0.398 e. The first-order valence-corrected chi connectivity index (χ1v) is 5.56. The smallest absolute Gasteiger partial charge is 0.338 e. The minimum Gasteiger partial charge on any atom is -0.338 e. The maximum absolute atomic E-state index is 12.1. The molecule has 1 saturated heterocycles. The highest BCUT2D eigenvalue weighted by atomic mass is 16.6. The van der Waals surface area contributed by atoms with Gasteiger partial charge in [-0.25, -0.2) is 0 Å². The molecule has 92 valence electrons. The maximum atomic E-state index is 12.1. The van der Waals surface area contributed by atoms with Crippen molar-refractivity contribution in [2.24, 2.45) is 0 Å². The molecule has 1 amide bonds. The minimum absolute atomic E-state index is 0.0532. The lowest BCUT2D eigenvalue weighted by Gasteiger charge is -2.13. The van der Waals surface area contributed by atoms with Crippen LogP contribution in [0.25, 0.3) is 4.98 Å². The number of rotatable bonds is 2. The molecule has 1 aliphatic heterocycles. The number of hydrogen-bond acceptors (Lipinski definition) is 4. The molecule has 0 saturated carbocycles. The van der Waals surface area contributed by atoms with Crippen LogP contribution in [0.4, 0.5) is 11.4 Å². The van der Waals surface area contributed by atoms with Gasteiger partial charge in [0.1, 0.15) is 5.56 Å². The van der Waals surface area contributed by atoms with Crippen LogP contribution in [0.15, 0.2) is 18.2 Å². The molecular weight excluding hydrogens is 236 g/mol. The molecule has 1 heterocycles. The van der Waals surface area contributed by atoms with Gasteiger partial charge in [-0.3, -0.25) is 14.9 Å². The summed E-state index contributed by atoms with van der Waals surface area (Å²) in [6, 6.07) is 3.62. The Balaban J connectivity index is 2.40. The molecule has 1 aromatic rings. The Hall–Kier alpha value is -2.49. The number of carbonyl (C=O) groups excluding carboxylic acids is 1. The lowest BCUT2D eigenvalue weighted by atomic mass is 10.1. The maximum Gasteiger partial charge on any atom is 0.398 e. The molecule has 0 bridgehead atoms. The Kier molecular flexibility index (Phi) is 3.19. The average molecular weight is 247 g/mol. The van der Waals surface area contributed by atoms with E-state index in [1.54, 1.807) is 4.90 Å². The number of amides is 1. The van der Waals surface area contributed by atoms with E-state index in [0.29, 0.717) is 13.1 Å². The van der Waals surface area contributed by atoms with Crippen LogP contribution in [0.1, 0.15) is 23.2 Å². The van der Waals surface area contributed by atoms with Crippen molar-refractivity contribution in [2.75, 3.05) is 13.1 Å². The molecular formula is C11H11N4O3+. The van der Waals surface area contributed by atoms with Crippen molar-refractivity contribution in [3.05, 3.63) is 38.9 Å². The van der Waals surface area contributed by atoms with Gasteiger partial charge in [-0.15, -0.1) is 0 Å². The fourth-order valence-corrected chi connectivity index (χ4v) is 1.99. The number of hydrogen-bond donors (Lipinski definition) is 0. The summed E-state index contributed by atoms with van der Waals surface area (Å²) in [5.74, 6) is -0.330. The van der Waals surface area contributed by atoms with Crippen LogP contribution >= 0.6 is 0 Å². The predicted octanol–water partition coefficient (Wildman–Crippen LogP) is 2.32. The molecule has 0 unspecified atom stereocenters. The van der Waals surface area contributed by atoms with Gasteiger partial charge in [-0.1, -0.05) is 0 Å². The topological polar surface area (TPSA) is 91.6 Å². The fraction of sp³-hybridized carbons (Fsp3) is 0.364. The zero-order valence-corrected chi connectivity index (χ0v) is 9.57. The molecule has 7 heteroatoms. The molecule has 0 spiro atoms. The van der Waals surface area contributed by atoms with Gasteiger partial charge in [0.25, 0.3) is 11.6 Å². The Morgan fingerprint density at radius 2 is 2.06 bits per heavy atom. The third-order valence-corrected chi connectivity index (χ3v) is 2.92. The zero-order chi connectivity index (χ0) is 13.1. The Labute approximate surface area is 103 Å². The van der Waals surface area contributed by atoms with E-state index in [1.165, 1.54) is 12.1 Å². The van der Waals surface area contributed by atoms with Crippen LogP contribution in [-0.2, 0) is 0 Å². The van der Waals surface area contributed by atoms with Gasteiger partial charge in [0.2, 0.25) is 5.39 Å². The second-order valence-corrected chi connectivity index (χ2v) is 4.06. The molecule has 7 nitrogen and oxygen atoms in total. The fourth-order valence-electron chi connectivity index (χ4n) is 1.99. The van der Waals surface area contributed by atoms with Gasteiger partial charge in [-0.2, -0.15) is 0 Å². The van der Waals surface area contributed by atoms with E-state index in [9.17, 15) is 14.9 Å². The first kappa shape index (κ1) is 12.0. The number of non-ortho nitro benzene ring substituents is 1. The number of benzene rings is 1. The highest BCUT2D eigenvalue weighted by Crippen LogP contribution is 2.26. The average Bonchev–Trinajstić information content (AvgIpc) is 2.90. The SMILES string of the molecule is N#[N+]c1ccc([N+](=O)[O-])cc1C(=O)N1CCCC1. The summed E-state index contributed by atoms with van der Waals surface area (Å²) in [4.78, 5) is 26.8. The van der Waals surface area contributed by atoms with Gasteiger partial charge < -0.3 is 4.90 Å². The van der Waals surface area contributed by atoms with E-state index in [2.05, 4.69) is 4.98 Å². The summed E-state index contributed by atoms with van der Waals surface area (Å²) >= 11 is 0. The molecule has 18 heavy (non-hydrogen) atoms. The van der Waals surface area contributed by atoms with Crippen LogP contribution in [0, 0.1) is 15.5 Å². The van der Waals surface area contributed by atoms with Crippen molar-refractivity contribution in [1.29, 1.82) is 5.39 Å². The molecule has 1 fully saturated rings. The van der Waals surface area contributed by atoms with Crippen molar-refractivity contribution in [2.45, 2.75) is 12.8 Å². The monoisotopic (exact) mass is 247 g/mol. The van der Waals surface area contributed by atoms with Crippen molar-refractivity contribution in [3.8, 4) is 0 Å².